The maximum Gasteiger partial charge on any atom is 0.317 e. The van der Waals surface area contributed by atoms with Gasteiger partial charge in [0.25, 0.3) is 0 Å². The molecule has 0 unspecified atom stereocenters. The predicted octanol–water partition coefficient (Wildman–Crippen LogP) is 1.08. The Bertz CT molecular complexity index is 291. The summed E-state index contributed by atoms with van der Waals surface area (Å²) in [5.41, 5.74) is -1.56. The van der Waals surface area contributed by atoms with Gasteiger partial charge in [0.15, 0.2) is 0 Å². The number of methoxy groups -OCH3 is 1. The molecule has 1 aliphatic heterocycles. The first-order valence-electron chi connectivity index (χ1n) is 6.59. The fourth-order valence-electron chi connectivity index (χ4n) is 3.28. The zero-order valence-electron chi connectivity index (χ0n) is 10.8. The first-order valence-corrected chi connectivity index (χ1v) is 6.59. The van der Waals surface area contributed by atoms with E-state index in [-0.39, 0.29) is 5.97 Å². The van der Waals surface area contributed by atoms with E-state index in [4.69, 9.17) is 4.74 Å². The van der Waals surface area contributed by atoms with Crippen LogP contribution in [0.3, 0.4) is 0 Å². The molecule has 2 N–H and O–H groups in total. The van der Waals surface area contributed by atoms with Crippen molar-refractivity contribution in [2.75, 3.05) is 20.2 Å². The molecule has 4 heteroatoms. The van der Waals surface area contributed by atoms with Crippen molar-refractivity contribution in [3.8, 4) is 0 Å². The molecule has 0 atom stereocenters. The van der Waals surface area contributed by atoms with Crippen LogP contribution in [0.1, 0.15) is 39.0 Å². The summed E-state index contributed by atoms with van der Waals surface area (Å²) in [6.45, 7) is 3.29. The van der Waals surface area contributed by atoms with Crippen molar-refractivity contribution in [1.82, 2.24) is 5.32 Å². The van der Waals surface area contributed by atoms with Crippen molar-refractivity contribution < 1.29 is 14.6 Å². The molecule has 1 saturated heterocycles. The normalized spacial score (nSPS) is 36.1. The molecule has 0 spiro atoms. The fraction of sp³-hybridized carbons (Fsp3) is 0.923. The van der Waals surface area contributed by atoms with Gasteiger partial charge in [-0.2, -0.15) is 0 Å². The monoisotopic (exact) mass is 241 g/mol. The molecular formula is C13H23NO3. The van der Waals surface area contributed by atoms with Crippen LogP contribution in [0, 0.1) is 11.3 Å². The molecule has 0 aromatic heterocycles. The minimum Gasteiger partial charge on any atom is -0.468 e. The Morgan fingerprint density at radius 2 is 2.00 bits per heavy atom. The van der Waals surface area contributed by atoms with Gasteiger partial charge in [0, 0.05) is 13.1 Å². The molecule has 0 bridgehead atoms. The molecule has 2 aliphatic rings. The molecule has 98 valence electrons. The zero-order chi connectivity index (χ0) is 12.5. The van der Waals surface area contributed by atoms with Crippen molar-refractivity contribution in [2.45, 2.75) is 44.6 Å². The van der Waals surface area contributed by atoms with E-state index < -0.39 is 11.0 Å². The van der Waals surface area contributed by atoms with Crippen molar-refractivity contribution in [1.29, 1.82) is 0 Å². The highest BCUT2D eigenvalue weighted by molar-refractivity contribution is 5.80. The Hall–Kier alpha value is -0.610. The van der Waals surface area contributed by atoms with Crippen LogP contribution in [-0.4, -0.2) is 36.9 Å². The third-order valence-corrected chi connectivity index (χ3v) is 4.83. The van der Waals surface area contributed by atoms with Crippen molar-refractivity contribution in [3.05, 3.63) is 0 Å². The van der Waals surface area contributed by atoms with Crippen LogP contribution in [-0.2, 0) is 9.53 Å². The van der Waals surface area contributed by atoms with Crippen molar-refractivity contribution in [2.24, 2.45) is 11.3 Å². The van der Waals surface area contributed by atoms with Gasteiger partial charge in [0.05, 0.1) is 12.7 Å². The number of hydrogen-bond acceptors (Lipinski definition) is 4. The van der Waals surface area contributed by atoms with Crippen LogP contribution >= 0.6 is 0 Å². The van der Waals surface area contributed by atoms with E-state index >= 15 is 0 Å². The van der Waals surface area contributed by atoms with Crippen LogP contribution in [0.2, 0.25) is 0 Å². The lowest BCUT2D eigenvalue weighted by atomic mass is 9.60. The van der Waals surface area contributed by atoms with Gasteiger partial charge >= 0.3 is 5.97 Å². The standard InChI is InChI=1S/C13H23NO3/c1-3-10-4-6-13(16,7-5-10)12(8-14-9-12)11(15)17-2/h10,14,16H,3-9H2,1-2H3. The molecule has 2 rings (SSSR count). The minimum atomic E-state index is -0.864. The van der Waals surface area contributed by atoms with E-state index in [9.17, 15) is 9.90 Å². The maximum absolute atomic E-state index is 11.9. The quantitative estimate of drug-likeness (QED) is 0.726. The van der Waals surface area contributed by atoms with Gasteiger partial charge in [-0.05, 0) is 31.6 Å². The number of hydrogen-bond donors (Lipinski definition) is 2. The molecule has 1 heterocycles. The lowest BCUT2D eigenvalue weighted by molar-refractivity contribution is -0.189. The lowest BCUT2D eigenvalue weighted by Gasteiger charge is -2.53. The number of rotatable bonds is 3. The smallest absolute Gasteiger partial charge is 0.317 e. The third kappa shape index (κ3) is 1.87. The molecule has 0 amide bonds. The average molecular weight is 241 g/mol. The molecule has 2 fully saturated rings. The molecule has 1 saturated carbocycles. The SMILES string of the molecule is CCC1CCC(O)(C2(C(=O)OC)CNC2)CC1. The number of carbonyl (C=O) groups is 1. The Labute approximate surface area is 103 Å². The highest BCUT2D eigenvalue weighted by Crippen LogP contribution is 2.47. The molecule has 1 aliphatic carbocycles. The van der Waals surface area contributed by atoms with Gasteiger partial charge < -0.3 is 15.2 Å². The molecular weight excluding hydrogens is 218 g/mol. The van der Waals surface area contributed by atoms with Crippen LogP contribution in [0.25, 0.3) is 0 Å². The number of esters is 1. The maximum atomic E-state index is 11.9. The van der Waals surface area contributed by atoms with E-state index in [0.29, 0.717) is 19.0 Å². The summed E-state index contributed by atoms with van der Waals surface area (Å²) in [5.74, 6) is 0.451. The second-order valence-corrected chi connectivity index (χ2v) is 5.56. The Kier molecular flexibility index (Phi) is 3.46. The van der Waals surface area contributed by atoms with Gasteiger partial charge in [0.2, 0.25) is 0 Å². The first kappa shape index (κ1) is 12.8. The van der Waals surface area contributed by atoms with Crippen LogP contribution in [0.15, 0.2) is 0 Å². The predicted molar refractivity (Wildman–Crippen MR) is 64.5 cm³/mol. The Morgan fingerprint density at radius 3 is 2.35 bits per heavy atom. The summed E-state index contributed by atoms with van der Waals surface area (Å²) >= 11 is 0. The van der Waals surface area contributed by atoms with E-state index in [2.05, 4.69) is 12.2 Å². The number of ether oxygens (including phenoxy) is 1. The summed E-state index contributed by atoms with van der Waals surface area (Å²) in [5, 5.41) is 13.9. The molecule has 17 heavy (non-hydrogen) atoms. The summed E-state index contributed by atoms with van der Waals surface area (Å²) in [6.07, 6.45) is 4.65. The summed E-state index contributed by atoms with van der Waals surface area (Å²) < 4.78 is 4.89. The molecule has 0 radical (unpaired) electrons. The number of aliphatic hydroxyl groups is 1. The van der Waals surface area contributed by atoms with Gasteiger partial charge in [-0.1, -0.05) is 13.3 Å². The first-order chi connectivity index (χ1) is 8.08. The second kappa shape index (κ2) is 4.58. The van der Waals surface area contributed by atoms with Crippen LogP contribution in [0.5, 0.6) is 0 Å². The lowest BCUT2D eigenvalue weighted by Crippen LogP contribution is -2.70. The summed E-state index contributed by atoms with van der Waals surface area (Å²) in [4.78, 5) is 11.9. The topological polar surface area (TPSA) is 58.6 Å². The highest BCUT2D eigenvalue weighted by atomic mass is 16.5. The van der Waals surface area contributed by atoms with E-state index in [1.807, 2.05) is 0 Å². The molecule has 0 aromatic rings. The van der Waals surface area contributed by atoms with E-state index in [0.717, 1.165) is 25.7 Å². The number of carbonyl (C=O) groups excluding carboxylic acids is 1. The Balaban J connectivity index is 2.12. The zero-order valence-corrected chi connectivity index (χ0v) is 10.8. The molecule has 4 nitrogen and oxygen atoms in total. The van der Waals surface area contributed by atoms with Gasteiger partial charge in [-0.3, -0.25) is 4.79 Å². The Morgan fingerprint density at radius 1 is 1.41 bits per heavy atom. The van der Waals surface area contributed by atoms with Gasteiger partial charge in [-0.25, -0.2) is 0 Å². The summed E-state index contributed by atoms with van der Waals surface area (Å²) in [6, 6.07) is 0. The molecule has 0 aromatic carbocycles. The fourth-order valence-corrected chi connectivity index (χ4v) is 3.28. The number of nitrogens with one attached hydrogen (secondary N) is 1. The van der Waals surface area contributed by atoms with Gasteiger partial charge in [-0.15, -0.1) is 0 Å². The average Bonchev–Trinajstić information content (AvgIpc) is 2.28. The van der Waals surface area contributed by atoms with Crippen LogP contribution < -0.4 is 5.32 Å². The summed E-state index contributed by atoms with van der Waals surface area (Å²) in [7, 11) is 1.41. The third-order valence-electron chi connectivity index (χ3n) is 4.83. The van der Waals surface area contributed by atoms with E-state index in [1.165, 1.54) is 13.5 Å². The van der Waals surface area contributed by atoms with Gasteiger partial charge in [0.1, 0.15) is 5.41 Å². The highest BCUT2D eigenvalue weighted by Gasteiger charge is 2.60. The van der Waals surface area contributed by atoms with Crippen molar-refractivity contribution in [3.63, 3.8) is 0 Å². The van der Waals surface area contributed by atoms with Crippen molar-refractivity contribution >= 4 is 5.97 Å². The second-order valence-electron chi connectivity index (χ2n) is 5.56. The largest absolute Gasteiger partial charge is 0.468 e. The van der Waals surface area contributed by atoms with E-state index in [1.54, 1.807) is 0 Å². The van der Waals surface area contributed by atoms with Crippen LogP contribution in [0.4, 0.5) is 0 Å². The minimum absolute atomic E-state index is 0.256.